The molecule has 2 heterocycles. The van der Waals surface area contributed by atoms with E-state index in [9.17, 15) is 14.4 Å². The zero-order valence-electron chi connectivity index (χ0n) is 13.7. The quantitative estimate of drug-likeness (QED) is 0.823. The van der Waals surface area contributed by atoms with E-state index >= 15 is 0 Å². The third-order valence-electron chi connectivity index (χ3n) is 3.64. The molecule has 1 aromatic carbocycles. The maximum atomic E-state index is 12.4. The van der Waals surface area contributed by atoms with Gasteiger partial charge in [-0.05, 0) is 66.4 Å². The zero-order chi connectivity index (χ0) is 18.0. The highest BCUT2D eigenvalue weighted by Gasteiger charge is 2.36. The summed E-state index contributed by atoms with van der Waals surface area (Å²) in [5, 5.41) is 4.21. The van der Waals surface area contributed by atoms with E-state index < -0.39 is 17.1 Å². The van der Waals surface area contributed by atoms with Crippen molar-refractivity contribution in [2.75, 3.05) is 11.9 Å². The van der Waals surface area contributed by atoms with Crippen LogP contribution < -0.4 is 5.32 Å². The minimum absolute atomic E-state index is 0.292. The summed E-state index contributed by atoms with van der Waals surface area (Å²) in [7, 11) is 0. The molecular weight excluding hydrogens is 356 g/mol. The Balaban J connectivity index is 1.69. The lowest BCUT2D eigenvalue weighted by molar-refractivity contribution is -0.127. The van der Waals surface area contributed by atoms with Crippen LogP contribution in [0, 0.1) is 13.8 Å². The standard InChI is InChI=1S/C18H16N2O3S2/c1-11-4-3-5-13(8-11)19-16(21)10-20-17(22)15(25-18(20)23)9-14-12(2)6-7-24-14/h3-9H,10H2,1-2H3,(H,19,21). The van der Waals surface area contributed by atoms with Crippen molar-refractivity contribution in [3.63, 3.8) is 0 Å². The predicted molar refractivity (Wildman–Crippen MR) is 102 cm³/mol. The molecule has 3 rings (SSSR count). The first-order valence-electron chi connectivity index (χ1n) is 7.60. The first-order valence-corrected chi connectivity index (χ1v) is 9.29. The molecule has 1 aliphatic heterocycles. The van der Waals surface area contributed by atoms with Gasteiger partial charge in [0.25, 0.3) is 11.1 Å². The molecule has 5 nitrogen and oxygen atoms in total. The van der Waals surface area contributed by atoms with Gasteiger partial charge in [0.1, 0.15) is 6.54 Å². The number of rotatable bonds is 4. The van der Waals surface area contributed by atoms with Crippen LogP contribution in [0.3, 0.4) is 0 Å². The number of anilines is 1. The predicted octanol–water partition coefficient (Wildman–Crippen LogP) is 4.04. The molecule has 0 radical (unpaired) electrons. The molecule has 0 saturated carbocycles. The van der Waals surface area contributed by atoms with Gasteiger partial charge in [-0.3, -0.25) is 19.3 Å². The van der Waals surface area contributed by atoms with Crippen LogP contribution in [0.2, 0.25) is 0 Å². The SMILES string of the molecule is Cc1cccc(NC(=O)CN2C(=O)SC(=Cc3sccc3C)C2=O)c1. The summed E-state index contributed by atoms with van der Waals surface area (Å²) in [5.41, 5.74) is 2.70. The number of carbonyl (C=O) groups is 3. The number of imide groups is 1. The lowest BCUT2D eigenvalue weighted by Gasteiger charge is -2.12. The number of amides is 3. The second-order valence-corrected chi connectivity index (χ2v) is 7.59. The zero-order valence-corrected chi connectivity index (χ0v) is 15.4. The van der Waals surface area contributed by atoms with Crippen molar-refractivity contribution in [3.8, 4) is 0 Å². The Kier molecular flexibility index (Phi) is 5.06. The highest BCUT2D eigenvalue weighted by molar-refractivity contribution is 8.18. The number of nitrogens with zero attached hydrogens (tertiary/aromatic N) is 1. The number of hydrogen-bond acceptors (Lipinski definition) is 5. The first kappa shape index (κ1) is 17.4. The molecule has 3 amide bonds. The highest BCUT2D eigenvalue weighted by atomic mass is 32.2. The topological polar surface area (TPSA) is 66.5 Å². The van der Waals surface area contributed by atoms with Gasteiger partial charge >= 0.3 is 0 Å². The Morgan fingerprint density at radius 3 is 2.72 bits per heavy atom. The van der Waals surface area contributed by atoms with Crippen LogP contribution in [0.4, 0.5) is 10.5 Å². The molecular formula is C18H16N2O3S2. The van der Waals surface area contributed by atoms with Gasteiger partial charge in [-0.15, -0.1) is 11.3 Å². The Morgan fingerprint density at radius 1 is 1.24 bits per heavy atom. The molecule has 0 aliphatic carbocycles. The molecule has 0 bridgehead atoms. The Bertz CT molecular complexity index is 886. The summed E-state index contributed by atoms with van der Waals surface area (Å²) in [6.45, 7) is 3.57. The summed E-state index contributed by atoms with van der Waals surface area (Å²) in [6.07, 6.45) is 1.71. The third-order valence-corrected chi connectivity index (χ3v) is 5.51. The van der Waals surface area contributed by atoms with E-state index in [2.05, 4.69) is 5.32 Å². The lowest BCUT2D eigenvalue weighted by Crippen LogP contribution is -2.36. The molecule has 1 aromatic heterocycles. The van der Waals surface area contributed by atoms with Gasteiger partial charge in [0, 0.05) is 10.6 Å². The molecule has 2 aromatic rings. The van der Waals surface area contributed by atoms with Gasteiger partial charge in [0.2, 0.25) is 5.91 Å². The molecule has 1 aliphatic rings. The van der Waals surface area contributed by atoms with Crippen LogP contribution in [0.15, 0.2) is 40.6 Å². The van der Waals surface area contributed by atoms with Gasteiger partial charge in [0.15, 0.2) is 0 Å². The van der Waals surface area contributed by atoms with Crippen molar-refractivity contribution in [2.24, 2.45) is 0 Å². The first-order chi connectivity index (χ1) is 11.9. The minimum Gasteiger partial charge on any atom is -0.325 e. The van der Waals surface area contributed by atoms with E-state index in [1.165, 1.54) is 11.3 Å². The molecule has 1 N–H and O–H groups in total. The smallest absolute Gasteiger partial charge is 0.294 e. The second-order valence-electron chi connectivity index (χ2n) is 5.65. The Hall–Kier alpha value is -2.38. The number of carbonyl (C=O) groups excluding carboxylic acids is 3. The second kappa shape index (κ2) is 7.25. The number of thiophene rings is 1. The molecule has 0 atom stereocenters. The summed E-state index contributed by atoms with van der Waals surface area (Å²) >= 11 is 2.37. The maximum Gasteiger partial charge on any atom is 0.294 e. The van der Waals surface area contributed by atoms with E-state index in [4.69, 9.17) is 0 Å². The summed E-state index contributed by atoms with van der Waals surface area (Å²) < 4.78 is 0. The molecule has 7 heteroatoms. The van der Waals surface area contributed by atoms with Crippen LogP contribution in [0.5, 0.6) is 0 Å². The largest absolute Gasteiger partial charge is 0.325 e. The van der Waals surface area contributed by atoms with Gasteiger partial charge in [0.05, 0.1) is 4.91 Å². The third kappa shape index (κ3) is 4.00. The normalized spacial score (nSPS) is 15.9. The highest BCUT2D eigenvalue weighted by Crippen LogP contribution is 2.33. The van der Waals surface area contributed by atoms with Gasteiger partial charge in [-0.25, -0.2) is 0 Å². The summed E-state index contributed by atoms with van der Waals surface area (Å²) in [6, 6.07) is 9.29. The van der Waals surface area contributed by atoms with Crippen molar-refractivity contribution in [2.45, 2.75) is 13.8 Å². The fourth-order valence-corrected chi connectivity index (χ4v) is 4.11. The van der Waals surface area contributed by atoms with Crippen LogP contribution in [0.25, 0.3) is 6.08 Å². The molecule has 0 unspecified atom stereocenters. The Morgan fingerprint density at radius 2 is 2.04 bits per heavy atom. The monoisotopic (exact) mass is 372 g/mol. The molecule has 128 valence electrons. The van der Waals surface area contributed by atoms with Crippen molar-refractivity contribution >= 4 is 51.9 Å². The van der Waals surface area contributed by atoms with E-state index in [1.807, 2.05) is 43.5 Å². The number of benzene rings is 1. The van der Waals surface area contributed by atoms with E-state index in [-0.39, 0.29) is 6.54 Å². The summed E-state index contributed by atoms with van der Waals surface area (Å²) in [5.74, 6) is -0.830. The van der Waals surface area contributed by atoms with Crippen LogP contribution in [-0.4, -0.2) is 28.5 Å². The van der Waals surface area contributed by atoms with E-state index in [1.54, 1.807) is 12.1 Å². The molecule has 1 saturated heterocycles. The van der Waals surface area contributed by atoms with Crippen molar-refractivity contribution in [3.05, 3.63) is 56.6 Å². The molecule has 0 spiro atoms. The number of thioether (sulfide) groups is 1. The van der Waals surface area contributed by atoms with Gasteiger partial charge in [-0.1, -0.05) is 12.1 Å². The fraction of sp³-hybridized carbons (Fsp3) is 0.167. The van der Waals surface area contributed by atoms with Gasteiger partial charge in [-0.2, -0.15) is 0 Å². The number of nitrogens with one attached hydrogen (secondary N) is 1. The average Bonchev–Trinajstić information content (AvgIpc) is 3.06. The summed E-state index contributed by atoms with van der Waals surface area (Å²) in [4.78, 5) is 39.0. The van der Waals surface area contributed by atoms with Crippen LogP contribution >= 0.6 is 23.1 Å². The number of hydrogen-bond donors (Lipinski definition) is 1. The van der Waals surface area contributed by atoms with Crippen molar-refractivity contribution in [1.82, 2.24) is 4.90 Å². The van der Waals surface area contributed by atoms with Crippen molar-refractivity contribution in [1.29, 1.82) is 0 Å². The molecule has 1 fully saturated rings. The van der Waals surface area contributed by atoms with Crippen LogP contribution in [0.1, 0.15) is 16.0 Å². The fourth-order valence-electron chi connectivity index (χ4n) is 2.35. The van der Waals surface area contributed by atoms with Gasteiger partial charge < -0.3 is 5.32 Å². The van der Waals surface area contributed by atoms with Crippen LogP contribution in [-0.2, 0) is 9.59 Å². The Labute approximate surface area is 153 Å². The molecule has 25 heavy (non-hydrogen) atoms. The number of aryl methyl sites for hydroxylation is 2. The minimum atomic E-state index is -0.429. The van der Waals surface area contributed by atoms with E-state index in [0.29, 0.717) is 10.6 Å². The van der Waals surface area contributed by atoms with Crippen molar-refractivity contribution < 1.29 is 14.4 Å². The maximum absolute atomic E-state index is 12.4. The lowest BCUT2D eigenvalue weighted by atomic mass is 10.2. The average molecular weight is 372 g/mol. The van der Waals surface area contributed by atoms with E-state index in [0.717, 1.165) is 32.7 Å².